The maximum Gasteiger partial charge on any atom is 0.237 e. The van der Waals surface area contributed by atoms with Gasteiger partial charge in [0.05, 0.1) is 18.1 Å². The Hall–Kier alpha value is -1.24. The van der Waals surface area contributed by atoms with Crippen LogP contribution in [0.2, 0.25) is 0 Å². The number of morpholine rings is 1. The number of thiophene rings is 1. The summed E-state index contributed by atoms with van der Waals surface area (Å²) in [5, 5.41) is 1.90. The summed E-state index contributed by atoms with van der Waals surface area (Å²) >= 11 is 1.47. The van der Waals surface area contributed by atoms with Crippen molar-refractivity contribution in [1.29, 1.82) is 0 Å². The van der Waals surface area contributed by atoms with Crippen LogP contribution in [0.4, 0.5) is 0 Å². The molecule has 2 rings (SSSR count). The van der Waals surface area contributed by atoms with Crippen LogP contribution >= 0.6 is 11.3 Å². The van der Waals surface area contributed by atoms with Gasteiger partial charge in [0.1, 0.15) is 6.04 Å². The Labute approximate surface area is 116 Å². The van der Waals surface area contributed by atoms with Gasteiger partial charge in [-0.25, -0.2) is 0 Å². The number of amides is 1. The summed E-state index contributed by atoms with van der Waals surface area (Å²) in [5.41, 5.74) is 5.34. The third kappa shape index (κ3) is 3.86. The third-order valence-electron chi connectivity index (χ3n) is 3.21. The van der Waals surface area contributed by atoms with Crippen molar-refractivity contribution >= 4 is 23.0 Å². The van der Waals surface area contributed by atoms with E-state index in [1.165, 1.54) is 11.3 Å². The molecule has 104 valence electrons. The maximum atomic E-state index is 11.8. The van der Waals surface area contributed by atoms with Gasteiger partial charge in [0.15, 0.2) is 5.78 Å². The van der Waals surface area contributed by atoms with Crippen molar-refractivity contribution in [2.45, 2.75) is 18.9 Å². The number of carbonyl (C=O) groups is 2. The molecule has 1 atom stereocenters. The first-order chi connectivity index (χ1) is 9.18. The molecule has 1 aliphatic rings. The number of Topliss-reactive ketones (excluding diaryl/α,β-unsaturated/α-hetero) is 1. The highest BCUT2D eigenvalue weighted by Crippen LogP contribution is 2.14. The van der Waals surface area contributed by atoms with Crippen molar-refractivity contribution in [3.63, 3.8) is 0 Å². The quantitative estimate of drug-likeness (QED) is 0.787. The second-order valence-electron chi connectivity index (χ2n) is 4.53. The van der Waals surface area contributed by atoms with Crippen LogP contribution in [0.25, 0.3) is 0 Å². The molecular formula is C13H18N2O3S. The minimum absolute atomic E-state index is 0.166. The number of hydrogen-bond acceptors (Lipinski definition) is 5. The number of ether oxygens (including phenoxy) is 1. The van der Waals surface area contributed by atoms with Gasteiger partial charge in [0.25, 0.3) is 0 Å². The molecule has 5 nitrogen and oxygen atoms in total. The van der Waals surface area contributed by atoms with E-state index in [0.29, 0.717) is 32.7 Å². The summed E-state index contributed by atoms with van der Waals surface area (Å²) < 4.78 is 5.25. The molecular weight excluding hydrogens is 264 g/mol. The van der Waals surface area contributed by atoms with E-state index in [9.17, 15) is 9.59 Å². The lowest BCUT2D eigenvalue weighted by molar-refractivity contribution is -0.129. The highest BCUT2D eigenvalue weighted by atomic mass is 32.1. The number of nitrogens with two attached hydrogens (primary N) is 1. The minimum atomic E-state index is -0.357. The van der Waals surface area contributed by atoms with Gasteiger partial charge < -0.3 is 10.5 Å². The summed E-state index contributed by atoms with van der Waals surface area (Å²) in [6.45, 7) is 2.37. The molecule has 1 amide bonds. The molecule has 0 spiro atoms. The van der Waals surface area contributed by atoms with E-state index >= 15 is 0 Å². The fourth-order valence-electron chi connectivity index (χ4n) is 2.17. The van der Waals surface area contributed by atoms with Crippen LogP contribution < -0.4 is 5.73 Å². The monoisotopic (exact) mass is 282 g/mol. The molecule has 0 aliphatic carbocycles. The zero-order valence-corrected chi connectivity index (χ0v) is 11.5. The lowest BCUT2D eigenvalue weighted by Gasteiger charge is -2.33. The normalized spacial score (nSPS) is 20.3. The van der Waals surface area contributed by atoms with Crippen LogP contribution in [0.1, 0.15) is 22.5 Å². The second-order valence-corrected chi connectivity index (χ2v) is 5.48. The smallest absolute Gasteiger partial charge is 0.237 e. The summed E-state index contributed by atoms with van der Waals surface area (Å²) in [6, 6.07) is 3.36. The van der Waals surface area contributed by atoms with E-state index in [0.717, 1.165) is 11.3 Å². The van der Waals surface area contributed by atoms with Crippen molar-refractivity contribution in [2.24, 2.45) is 5.73 Å². The SMILES string of the molecule is NC(=O)C1COCCN1CCCC(=O)c1cccs1. The van der Waals surface area contributed by atoms with Gasteiger partial charge in [-0.05, 0) is 24.4 Å². The molecule has 1 aromatic heterocycles. The first-order valence-corrected chi connectivity index (χ1v) is 7.24. The zero-order valence-electron chi connectivity index (χ0n) is 10.7. The number of nitrogens with zero attached hydrogens (tertiary/aromatic N) is 1. The van der Waals surface area contributed by atoms with Crippen molar-refractivity contribution in [3.05, 3.63) is 22.4 Å². The van der Waals surface area contributed by atoms with Gasteiger partial charge in [-0.2, -0.15) is 0 Å². The molecule has 1 fully saturated rings. The average molecular weight is 282 g/mol. The molecule has 1 aliphatic heterocycles. The highest BCUT2D eigenvalue weighted by Gasteiger charge is 2.27. The maximum absolute atomic E-state index is 11.8. The van der Waals surface area contributed by atoms with E-state index in [4.69, 9.17) is 10.5 Å². The molecule has 0 radical (unpaired) electrons. The molecule has 2 heterocycles. The number of carbonyl (C=O) groups excluding carboxylic acids is 2. The Morgan fingerprint density at radius 3 is 3.05 bits per heavy atom. The fraction of sp³-hybridized carbons (Fsp3) is 0.538. The van der Waals surface area contributed by atoms with Crippen molar-refractivity contribution in [3.8, 4) is 0 Å². The average Bonchev–Trinajstić information content (AvgIpc) is 2.93. The Morgan fingerprint density at radius 2 is 2.37 bits per heavy atom. The summed E-state index contributed by atoms with van der Waals surface area (Å²) in [4.78, 5) is 25.9. The Kier molecular flexibility index (Phi) is 5.07. The minimum Gasteiger partial charge on any atom is -0.378 e. The number of primary amides is 1. The molecule has 1 unspecified atom stereocenters. The first kappa shape index (κ1) is 14.2. The number of hydrogen-bond donors (Lipinski definition) is 1. The molecule has 19 heavy (non-hydrogen) atoms. The van der Waals surface area contributed by atoms with Crippen LogP contribution in [-0.4, -0.2) is 48.9 Å². The standard InChI is InChI=1S/C13H18N2O3S/c14-13(17)10-9-18-7-6-15(10)5-1-3-11(16)12-4-2-8-19-12/h2,4,8,10H,1,3,5-7,9H2,(H2,14,17). The van der Waals surface area contributed by atoms with Crippen molar-refractivity contribution in [1.82, 2.24) is 4.90 Å². The number of rotatable bonds is 6. The van der Waals surface area contributed by atoms with Crippen LogP contribution in [0.15, 0.2) is 17.5 Å². The summed E-state index contributed by atoms with van der Waals surface area (Å²) in [6.07, 6.45) is 1.24. The molecule has 0 aromatic carbocycles. The van der Waals surface area contributed by atoms with Crippen LogP contribution in [0.3, 0.4) is 0 Å². The zero-order chi connectivity index (χ0) is 13.7. The molecule has 2 N–H and O–H groups in total. The highest BCUT2D eigenvalue weighted by molar-refractivity contribution is 7.12. The van der Waals surface area contributed by atoms with Gasteiger partial charge >= 0.3 is 0 Å². The van der Waals surface area contributed by atoms with E-state index in [1.807, 2.05) is 22.4 Å². The van der Waals surface area contributed by atoms with Gasteiger partial charge in [-0.15, -0.1) is 11.3 Å². The molecule has 1 aromatic rings. The van der Waals surface area contributed by atoms with E-state index in [2.05, 4.69) is 0 Å². The van der Waals surface area contributed by atoms with Crippen LogP contribution in [0.5, 0.6) is 0 Å². The largest absolute Gasteiger partial charge is 0.378 e. The van der Waals surface area contributed by atoms with Gasteiger partial charge in [-0.1, -0.05) is 6.07 Å². The Bertz CT molecular complexity index is 433. The van der Waals surface area contributed by atoms with E-state index in [-0.39, 0.29) is 17.7 Å². The molecule has 1 saturated heterocycles. The third-order valence-corrected chi connectivity index (χ3v) is 4.12. The number of ketones is 1. The predicted molar refractivity (Wildman–Crippen MR) is 73.3 cm³/mol. The van der Waals surface area contributed by atoms with Crippen molar-refractivity contribution in [2.75, 3.05) is 26.3 Å². The molecule has 6 heteroatoms. The van der Waals surface area contributed by atoms with E-state index < -0.39 is 0 Å². The van der Waals surface area contributed by atoms with Gasteiger partial charge in [-0.3, -0.25) is 14.5 Å². The van der Waals surface area contributed by atoms with Gasteiger partial charge in [0, 0.05) is 13.0 Å². The Balaban J connectivity index is 1.78. The Morgan fingerprint density at radius 1 is 1.53 bits per heavy atom. The van der Waals surface area contributed by atoms with E-state index in [1.54, 1.807) is 0 Å². The van der Waals surface area contributed by atoms with Crippen LogP contribution in [-0.2, 0) is 9.53 Å². The molecule has 0 saturated carbocycles. The predicted octanol–water partition coefficient (Wildman–Crippen LogP) is 0.897. The molecule has 0 bridgehead atoms. The van der Waals surface area contributed by atoms with Gasteiger partial charge in [0.2, 0.25) is 5.91 Å². The topological polar surface area (TPSA) is 72.6 Å². The van der Waals surface area contributed by atoms with Crippen LogP contribution in [0, 0.1) is 0 Å². The lowest BCUT2D eigenvalue weighted by atomic mass is 10.1. The van der Waals surface area contributed by atoms with Crippen molar-refractivity contribution < 1.29 is 14.3 Å². The fourth-order valence-corrected chi connectivity index (χ4v) is 2.87. The lowest BCUT2D eigenvalue weighted by Crippen LogP contribution is -2.52. The summed E-state index contributed by atoms with van der Waals surface area (Å²) in [7, 11) is 0. The first-order valence-electron chi connectivity index (χ1n) is 6.36. The second kappa shape index (κ2) is 6.79. The summed E-state index contributed by atoms with van der Waals surface area (Å²) in [5.74, 6) is -0.192.